The number of pyridine rings is 1. The molecule has 0 bridgehead atoms. The Hall–Kier alpha value is -3.12. The molecule has 2 amide bonds. The second-order valence-corrected chi connectivity index (χ2v) is 7.69. The van der Waals surface area contributed by atoms with Gasteiger partial charge >= 0.3 is 0 Å². The van der Waals surface area contributed by atoms with Gasteiger partial charge in [-0.2, -0.15) is 0 Å². The molecule has 3 aromatic rings. The number of thioether (sulfide) groups is 1. The number of benzene rings is 2. The van der Waals surface area contributed by atoms with Gasteiger partial charge in [0.1, 0.15) is 5.03 Å². The molecule has 2 aromatic carbocycles. The molecule has 1 aromatic heterocycles. The smallest absolute Gasteiger partial charge is 0.254 e. The minimum absolute atomic E-state index is 0.0722. The van der Waals surface area contributed by atoms with Gasteiger partial charge in [0.05, 0.1) is 11.3 Å². The number of amides is 2. The summed E-state index contributed by atoms with van der Waals surface area (Å²) in [7, 11) is 0. The highest BCUT2D eigenvalue weighted by Crippen LogP contribution is 2.19. The van der Waals surface area contributed by atoms with E-state index < -0.39 is 0 Å². The maximum absolute atomic E-state index is 12.6. The van der Waals surface area contributed by atoms with E-state index >= 15 is 0 Å². The highest BCUT2D eigenvalue weighted by molar-refractivity contribution is 8.00. The first kappa shape index (κ1) is 21.6. The molecule has 0 saturated heterocycles. The monoisotopic (exact) mass is 419 g/mol. The van der Waals surface area contributed by atoms with Crippen molar-refractivity contribution < 1.29 is 9.59 Å². The summed E-state index contributed by atoms with van der Waals surface area (Å²) in [4.78, 5) is 29.0. The summed E-state index contributed by atoms with van der Waals surface area (Å²) >= 11 is 1.28. The molecule has 0 unspecified atom stereocenters. The van der Waals surface area contributed by atoms with Crippen molar-refractivity contribution in [3.05, 3.63) is 95.7 Å². The molecule has 0 radical (unpaired) electrons. The number of rotatable bonds is 10. The molecular weight excluding hydrogens is 394 g/mol. The molecule has 0 aliphatic carbocycles. The standard InChI is InChI=1S/C24H25N3O2S/c28-22(25-16-13-19-8-3-1-4-9-19)18-30-24-21(12-7-15-27-24)23(29)26-17-14-20-10-5-2-6-11-20/h1-12,15H,13-14,16-18H2,(H,25,28)(H,26,29). The fraction of sp³-hybridized carbons (Fsp3) is 0.208. The van der Waals surface area contributed by atoms with Gasteiger partial charge in [0, 0.05) is 19.3 Å². The van der Waals surface area contributed by atoms with E-state index in [1.54, 1.807) is 18.3 Å². The molecule has 1 heterocycles. The van der Waals surface area contributed by atoms with Crippen molar-refractivity contribution in [1.82, 2.24) is 15.6 Å². The predicted molar refractivity (Wildman–Crippen MR) is 121 cm³/mol. The van der Waals surface area contributed by atoms with Crippen molar-refractivity contribution >= 4 is 23.6 Å². The van der Waals surface area contributed by atoms with E-state index in [1.165, 1.54) is 22.9 Å². The first-order chi connectivity index (χ1) is 14.7. The van der Waals surface area contributed by atoms with Crippen LogP contribution < -0.4 is 10.6 Å². The van der Waals surface area contributed by atoms with Gasteiger partial charge in [-0.25, -0.2) is 4.98 Å². The zero-order valence-electron chi connectivity index (χ0n) is 16.7. The lowest BCUT2D eigenvalue weighted by Crippen LogP contribution is -2.28. The molecule has 0 aliphatic heterocycles. The summed E-state index contributed by atoms with van der Waals surface area (Å²) in [5.74, 6) is -0.0288. The molecule has 6 heteroatoms. The average Bonchev–Trinajstić information content (AvgIpc) is 2.79. The van der Waals surface area contributed by atoms with Crippen LogP contribution in [0.25, 0.3) is 0 Å². The Bertz CT molecular complexity index is 949. The lowest BCUT2D eigenvalue weighted by molar-refractivity contribution is -0.118. The van der Waals surface area contributed by atoms with Gasteiger partial charge in [-0.15, -0.1) is 0 Å². The fourth-order valence-electron chi connectivity index (χ4n) is 2.91. The molecule has 5 nitrogen and oxygen atoms in total. The molecule has 0 saturated carbocycles. The van der Waals surface area contributed by atoms with Crippen LogP contribution in [0, 0.1) is 0 Å². The van der Waals surface area contributed by atoms with Crippen LogP contribution in [0.1, 0.15) is 21.5 Å². The second kappa shape index (κ2) is 11.8. The number of carbonyl (C=O) groups is 2. The maximum Gasteiger partial charge on any atom is 0.254 e. The van der Waals surface area contributed by atoms with Crippen LogP contribution in [-0.2, 0) is 17.6 Å². The maximum atomic E-state index is 12.6. The third kappa shape index (κ3) is 7.04. The third-order valence-corrected chi connectivity index (χ3v) is 5.48. The Balaban J connectivity index is 1.44. The molecule has 154 valence electrons. The van der Waals surface area contributed by atoms with E-state index in [0.29, 0.717) is 23.7 Å². The molecule has 2 N–H and O–H groups in total. The second-order valence-electron chi connectivity index (χ2n) is 6.72. The highest BCUT2D eigenvalue weighted by atomic mass is 32.2. The zero-order valence-corrected chi connectivity index (χ0v) is 17.5. The normalized spacial score (nSPS) is 10.4. The van der Waals surface area contributed by atoms with Gasteiger partial charge in [0.2, 0.25) is 5.91 Å². The Morgan fingerprint density at radius 3 is 2.00 bits per heavy atom. The van der Waals surface area contributed by atoms with Gasteiger partial charge in [-0.1, -0.05) is 72.4 Å². The number of carbonyl (C=O) groups excluding carboxylic acids is 2. The SMILES string of the molecule is O=C(CSc1ncccc1C(=O)NCCc1ccccc1)NCCc1ccccc1. The molecule has 0 fully saturated rings. The summed E-state index contributed by atoms with van der Waals surface area (Å²) in [6, 6.07) is 23.5. The minimum Gasteiger partial charge on any atom is -0.355 e. The van der Waals surface area contributed by atoms with Crippen molar-refractivity contribution in [1.29, 1.82) is 0 Å². The largest absolute Gasteiger partial charge is 0.355 e. The number of nitrogens with zero attached hydrogens (tertiary/aromatic N) is 1. The van der Waals surface area contributed by atoms with Gasteiger partial charge in [0.25, 0.3) is 5.91 Å². The van der Waals surface area contributed by atoms with Gasteiger partial charge in [-0.3, -0.25) is 9.59 Å². The zero-order chi connectivity index (χ0) is 21.0. The van der Waals surface area contributed by atoms with Gasteiger partial charge in [-0.05, 0) is 36.1 Å². The van der Waals surface area contributed by atoms with Gasteiger partial charge < -0.3 is 10.6 Å². The molecular formula is C24H25N3O2S. The summed E-state index contributed by atoms with van der Waals surface area (Å²) in [5, 5.41) is 6.41. The van der Waals surface area contributed by atoms with Crippen molar-refractivity contribution in [2.24, 2.45) is 0 Å². The van der Waals surface area contributed by atoms with E-state index in [9.17, 15) is 9.59 Å². The topological polar surface area (TPSA) is 71.1 Å². The van der Waals surface area contributed by atoms with Crippen molar-refractivity contribution in [3.63, 3.8) is 0 Å². The third-order valence-electron chi connectivity index (χ3n) is 4.48. The molecule has 3 rings (SSSR count). The average molecular weight is 420 g/mol. The van der Waals surface area contributed by atoms with Gasteiger partial charge in [0.15, 0.2) is 0 Å². The van der Waals surface area contributed by atoms with E-state index in [2.05, 4.69) is 15.6 Å². The number of hydrogen-bond donors (Lipinski definition) is 2. The predicted octanol–water partition coefficient (Wildman–Crippen LogP) is 3.51. The van der Waals surface area contributed by atoms with E-state index in [4.69, 9.17) is 0 Å². The molecule has 30 heavy (non-hydrogen) atoms. The first-order valence-electron chi connectivity index (χ1n) is 9.93. The Labute approximate surface area is 181 Å². The van der Waals surface area contributed by atoms with E-state index in [-0.39, 0.29) is 17.6 Å². The van der Waals surface area contributed by atoms with Crippen LogP contribution in [-0.4, -0.2) is 35.6 Å². The van der Waals surface area contributed by atoms with E-state index in [1.807, 2.05) is 60.7 Å². The van der Waals surface area contributed by atoms with E-state index in [0.717, 1.165) is 12.8 Å². The summed E-state index contributed by atoms with van der Waals surface area (Å²) < 4.78 is 0. The van der Waals surface area contributed by atoms with Crippen LogP contribution in [0.15, 0.2) is 84.0 Å². The number of hydrogen-bond acceptors (Lipinski definition) is 4. The van der Waals surface area contributed by atoms with Crippen molar-refractivity contribution in [2.45, 2.75) is 17.9 Å². The highest BCUT2D eigenvalue weighted by Gasteiger charge is 2.14. The Morgan fingerprint density at radius 1 is 0.767 bits per heavy atom. The van der Waals surface area contributed by atoms with Crippen molar-refractivity contribution in [2.75, 3.05) is 18.8 Å². The Kier molecular flexibility index (Phi) is 8.47. The van der Waals surface area contributed by atoms with Crippen LogP contribution in [0.4, 0.5) is 0 Å². The van der Waals surface area contributed by atoms with Crippen LogP contribution in [0.2, 0.25) is 0 Å². The summed E-state index contributed by atoms with van der Waals surface area (Å²) in [6.07, 6.45) is 3.19. The lowest BCUT2D eigenvalue weighted by Gasteiger charge is -2.09. The molecule has 0 aliphatic rings. The summed E-state index contributed by atoms with van der Waals surface area (Å²) in [5.41, 5.74) is 2.85. The van der Waals surface area contributed by atoms with Crippen molar-refractivity contribution in [3.8, 4) is 0 Å². The Morgan fingerprint density at radius 2 is 1.37 bits per heavy atom. The first-order valence-corrected chi connectivity index (χ1v) is 10.9. The quantitative estimate of drug-likeness (QED) is 0.494. The van der Waals surface area contributed by atoms with Crippen LogP contribution in [0.5, 0.6) is 0 Å². The lowest BCUT2D eigenvalue weighted by atomic mass is 10.1. The molecule has 0 atom stereocenters. The minimum atomic E-state index is -0.175. The number of nitrogens with one attached hydrogen (secondary N) is 2. The number of aromatic nitrogens is 1. The summed E-state index contributed by atoms with van der Waals surface area (Å²) in [6.45, 7) is 1.13. The fourth-order valence-corrected chi connectivity index (χ4v) is 3.74. The van der Waals surface area contributed by atoms with Crippen LogP contribution >= 0.6 is 11.8 Å². The molecule has 0 spiro atoms. The van der Waals surface area contributed by atoms with Crippen LogP contribution in [0.3, 0.4) is 0 Å².